The van der Waals surface area contributed by atoms with E-state index in [0.29, 0.717) is 0 Å². The van der Waals surface area contributed by atoms with Gasteiger partial charge in [0.15, 0.2) is 0 Å². The van der Waals surface area contributed by atoms with Crippen LogP contribution in [0.25, 0.3) is 0 Å². The fraction of sp³-hybridized carbons (Fsp3) is 0.500. The fourth-order valence-electron chi connectivity index (χ4n) is 0.929. The van der Waals surface area contributed by atoms with Gasteiger partial charge >= 0.3 is 0 Å². The maximum atomic E-state index is 5.15. The molecule has 2 nitrogen and oxygen atoms in total. The summed E-state index contributed by atoms with van der Waals surface area (Å²) in [5.74, 6) is 0.863. The van der Waals surface area contributed by atoms with Crippen molar-refractivity contribution >= 4 is 0 Å². The Hall–Kier alpha value is -0.760. The van der Waals surface area contributed by atoms with Crippen LogP contribution in [-0.4, -0.2) is 13.1 Å². The predicted molar refractivity (Wildman–Crippen MR) is 43.4 cm³/mol. The highest BCUT2D eigenvalue weighted by atomic mass is 14.9. The number of allylic oxidation sites excluding steroid dienone is 3. The number of rotatable bonds is 3. The van der Waals surface area contributed by atoms with Crippen molar-refractivity contribution in [2.75, 3.05) is 13.1 Å². The maximum absolute atomic E-state index is 5.15. The van der Waals surface area contributed by atoms with Crippen molar-refractivity contribution in [1.82, 2.24) is 5.32 Å². The first-order valence-electron chi connectivity index (χ1n) is 3.67. The molecule has 1 heterocycles. The van der Waals surface area contributed by atoms with E-state index in [9.17, 15) is 0 Å². The smallest absolute Gasteiger partial charge is 0.000528 e. The Kier molecular flexibility index (Phi) is 3.03. The zero-order valence-electron chi connectivity index (χ0n) is 6.09. The third-order valence-electron chi connectivity index (χ3n) is 1.69. The monoisotopic (exact) mass is 138 g/mol. The quantitative estimate of drug-likeness (QED) is 0.561. The summed E-state index contributed by atoms with van der Waals surface area (Å²) in [6.07, 6.45) is 8.74. The minimum atomic E-state index is 0.863. The van der Waals surface area contributed by atoms with E-state index < -0.39 is 0 Å². The summed E-state index contributed by atoms with van der Waals surface area (Å²) in [7, 11) is 0. The van der Waals surface area contributed by atoms with Crippen LogP contribution in [0.5, 0.6) is 0 Å². The molecule has 56 valence electrons. The summed E-state index contributed by atoms with van der Waals surface area (Å²) in [6.45, 7) is 2.35. The SMILES string of the molecule is N/C=C\C=C/CC1CNC1. The molecule has 0 aromatic heterocycles. The van der Waals surface area contributed by atoms with Crippen molar-refractivity contribution in [1.29, 1.82) is 0 Å². The van der Waals surface area contributed by atoms with Crippen LogP contribution in [-0.2, 0) is 0 Å². The number of hydrogen-bond acceptors (Lipinski definition) is 2. The topological polar surface area (TPSA) is 38.0 Å². The molecule has 1 aliphatic rings. The van der Waals surface area contributed by atoms with Gasteiger partial charge in [0.05, 0.1) is 0 Å². The van der Waals surface area contributed by atoms with Crippen LogP contribution in [0.1, 0.15) is 6.42 Å². The molecule has 2 heteroatoms. The molecule has 0 amide bonds. The summed E-state index contributed by atoms with van der Waals surface area (Å²) in [6, 6.07) is 0. The van der Waals surface area contributed by atoms with E-state index in [4.69, 9.17) is 5.73 Å². The minimum Gasteiger partial charge on any atom is -0.405 e. The summed E-state index contributed by atoms with van der Waals surface area (Å²) < 4.78 is 0. The Labute approximate surface area is 61.8 Å². The second-order valence-corrected chi connectivity index (χ2v) is 2.57. The largest absolute Gasteiger partial charge is 0.405 e. The Morgan fingerprint density at radius 1 is 1.40 bits per heavy atom. The first-order valence-corrected chi connectivity index (χ1v) is 3.67. The molecule has 10 heavy (non-hydrogen) atoms. The lowest BCUT2D eigenvalue weighted by molar-refractivity contribution is 0.352. The molecule has 3 N–H and O–H groups in total. The van der Waals surface area contributed by atoms with Gasteiger partial charge in [-0.05, 0) is 37.7 Å². The summed E-state index contributed by atoms with van der Waals surface area (Å²) in [5, 5.41) is 3.23. The van der Waals surface area contributed by atoms with Crippen LogP contribution in [0, 0.1) is 5.92 Å². The highest BCUT2D eigenvalue weighted by Gasteiger charge is 2.13. The average Bonchev–Trinajstić information content (AvgIpc) is 1.84. The van der Waals surface area contributed by atoms with Crippen molar-refractivity contribution in [3.05, 3.63) is 24.4 Å². The van der Waals surface area contributed by atoms with Gasteiger partial charge in [-0.25, -0.2) is 0 Å². The van der Waals surface area contributed by atoms with E-state index in [1.165, 1.54) is 19.5 Å². The van der Waals surface area contributed by atoms with Gasteiger partial charge < -0.3 is 11.1 Å². The second kappa shape index (κ2) is 4.12. The van der Waals surface area contributed by atoms with Gasteiger partial charge in [0, 0.05) is 0 Å². The van der Waals surface area contributed by atoms with Crippen molar-refractivity contribution in [3.8, 4) is 0 Å². The Balaban J connectivity index is 2.02. The first-order chi connectivity index (χ1) is 4.93. The fourth-order valence-corrected chi connectivity index (χ4v) is 0.929. The van der Waals surface area contributed by atoms with Crippen LogP contribution in [0.15, 0.2) is 24.4 Å². The van der Waals surface area contributed by atoms with Crippen molar-refractivity contribution in [2.24, 2.45) is 11.7 Å². The van der Waals surface area contributed by atoms with Crippen molar-refractivity contribution < 1.29 is 0 Å². The molecule has 0 unspecified atom stereocenters. The van der Waals surface area contributed by atoms with Gasteiger partial charge in [-0.15, -0.1) is 0 Å². The predicted octanol–water partition coefficient (Wildman–Crippen LogP) is 0.625. The third-order valence-corrected chi connectivity index (χ3v) is 1.69. The zero-order chi connectivity index (χ0) is 7.23. The molecule has 0 atom stereocenters. The lowest BCUT2D eigenvalue weighted by Gasteiger charge is -2.25. The van der Waals surface area contributed by atoms with E-state index in [1.807, 2.05) is 12.2 Å². The molecule has 0 aliphatic carbocycles. The van der Waals surface area contributed by atoms with Gasteiger partial charge in [0.25, 0.3) is 0 Å². The molecule has 0 saturated carbocycles. The molecule has 1 saturated heterocycles. The summed E-state index contributed by atoms with van der Waals surface area (Å²) in [5.41, 5.74) is 5.15. The molecular weight excluding hydrogens is 124 g/mol. The molecule has 0 aromatic carbocycles. The Bertz CT molecular complexity index is 134. The summed E-state index contributed by atoms with van der Waals surface area (Å²) >= 11 is 0. The third kappa shape index (κ3) is 2.23. The molecule has 1 fully saturated rings. The van der Waals surface area contributed by atoms with Crippen molar-refractivity contribution in [3.63, 3.8) is 0 Å². The van der Waals surface area contributed by atoms with E-state index in [2.05, 4.69) is 11.4 Å². The minimum absolute atomic E-state index is 0.863. The van der Waals surface area contributed by atoms with Crippen molar-refractivity contribution in [2.45, 2.75) is 6.42 Å². The van der Waals surface area contributed by atoms with Crippen LogP contribution >= 0.6 is 0 Å². The highest BCUT2D eigenvalue weighted by Crippen LogP contribution is 2.08. The van der Waals surface area contributed by atoms with Gasteiger partial charge in [0.1, 0.15) is 0 Å². The van der Waals surface area contributed by atoms with E-state index in [0.717, 1.165) is 5.92 Å². The molecule has 0 aromatic rings. The van der Waals surface area contributed by atoms with E-state index in [-0.39, 0.29) is 0 Å². The number of nitrogens with one attached hydrogen (secondary N) is 1. The second-order valence-electron chi connectivity index (χ2n) is 2.57. The molecule has 1 aliphatic heterocycles. The number of hydrogen-bond donors (Lipinski definition) is 2. The van der Waals surface area contributed by atoms with Crippen LogP contribution in [0.2, 0.25) is 0 Å². The number of nitrogens with two attached hydrogens (primary N) is 1. The lowest BCUT2D eigenvalue weighted by Crippen LogP contribution is -2.41. The molecule has 0 radical (unpaired) electrons. The molecular formula is C8H14N2. The van der Waals surface area contributed by atoms with Crippen LogP contribution in [0.4, 0.5) is 0 Å². The normalized spacial score (nSPS) is 20.4. The zero-order valence-corrected chi connectivity index (χ0v) is 6.09. The van der Waals surface area contributed by atoms with Crippen LogP contribution < -0.4 is 11.1 Å². The molecule has 0 spiro atoms. The average molecular weight is 138 g/mol. The standard InChI is InChI=1S/C8H14N2/c9-5-3-1-2-4-8-6-10-7-8/h1-3,5,8,10H,4,6-7,9H2/b2-1-,5-3-. The van der Waals surface area contributed by atoms with Gasteiger partial charge in [0.2, 0.25) is 0 Å². The van der Waals surface area contributed by atoms with Gasteiger partial charge in [-0.2, -0.15) is 0 Å². The highest BCUT2D eigenvalue weighted by molar-refractivity contribution is 5.01. The van der Waals surface area contributed by atoms with Crippen LogP contribution in [0.3, 0.4) is 0 Å². The van der Waals surface area contributed by atoms with E-state index >= 15 is 0 Å². The Morgan fingerprint density at radius 3 is 2.70 bits per heavy atom. The first kappa shape index (κ1) is 7.35. The Morgan fingerprint density at radius 2 is 2.20 bits per heavy atom. The van der Waals surface area contributed by atoms with E-state index in [1.54, 1.807) is 6.20 Å². The molecule has 0 bridgehead atoms. The summed E-state index contributed by atoms with van der Waals surface area (Å²) in [4.78, 5) is 0. The lowest BCUT2D eigenvalue weighted by atomic mass is 9.99. The van der Waals surface area contributed by atoms with Gasteiger partial charge in [-0.3, -0.25) is 0 Å². The van der Waals surface area contributed by atoms with Gasteiger partial charge in [-0.1, -0.05) is 12.2 Å². The molecule has 1 rings (SSSR count). The maximum Gasteiger partial charge on any atom is -0.000528 e.